The SMILES string of the molecule is COc1cc(/C=C/C(=O)OCC(=O)N(C)Cc2ccco2)ccc1OCc1c(C)noc1C. The fourth-order valence-corrected chi connectivity index (χ4v) is 2.94. The number of hydrogen-bond acceptors (Lipinski definition) is 8. The normalized spacial score (nSPS) is 10.9. The van der Waals surface area contributed by atoms with Crippen LogP contribution in [0.25, 0.3) is 6.08 Å². The Morgan fingerprint density at radius 1 is 1.18 bits per heavy atom. The number of ether oxygens (including phenoxy) is 3. The maximum atomic E-state index is 12.1. The van der Waals surface area contributed by atoms with Crippen molar-refractivity contribution in [3.63, 3.8) is 0 Å². The van der Waals surface area contributed by atoms with Crippen LogP contribution in [0.2, 0.25) is 0 Å². The summed E-state index contributed by atoms with van der Waals surface area (Å²) in [5.74, 6) is 1.43. The molecule has 0 atom stereocenters. The molecule has 0 bridgehead atoms. The van der Waals surface area contributed by atoms with Crippen molar-refractivity contribution in [1.29, 1.82) is 0 Å². The highest BCUT2D eigenvalue weighted by Crippen LogP contribution is 2.30. The predicted molar refractivity (Wildman–Crippen MR) is 118 cm³/mol. The van der Waals surface area contributed by atoms with Gasteiger partial charge in [-0.05, 0) is 49.8 Å². The van der Waals surface area contributed by atoms with Gasteiger partial charge in [-0.3, -0.25) is 4.79 Å². The summed E-state index contributed by atoms with van der Waals surface area (Å²) in [5, 5.41) is 3.91. The summed E-state index contributed by atoms with van der Waals surface area (Å²) in [6, 6.07) is 8.76. The summed E-state index contributed by atoms with van der Waals surface area (Å²) in [7, 11) is 3.14. The number of likely N-dealkylation sites (N-methyl/N-ethyl adjacent to an activating group) is 1. The van der Waals surface area contributed by atoms with Crippen molar-refractivity contribution in [2.75, 3.05) is 20.8 Å². The second-order valence-electron chi connectivity index (χ2n) is 7.27. The quantitative estimate of drug-likeness (QED) is 0.337. The molecule has 2 aromatic heterocycles. The number of benzene rings is 1. The van der Waals surface area contributed by atoms with Crippen LogP contribution < -0.4 is 9.47 Å². The number of furan rings is 1. The first-order valence-electron chi connectivity index (χ1n) is 10.2. The van der Waals surface area contributed by atoms with Crippen LogP contribution in [0.4, 0.5) is 0 Å². The average molecular weight is 454 g/mol. The second-order valence-corrected chi connectivity index (χ2v) is 7.27. The Morgan fingerprint density at radius 2 is 2.00 bits per heavy atom. The van der Waals surface area contributed by atoms with Gasteiger partial charge in [0.1, 0.15) is 18.1 Å². The Kier molecular flexibility index (Phi) is 7.91. The van der Waals surface area contributed by atoms with E-state index in [1.54, 1.807) is 43.5 Å². The fraction of sp³-hybridized carbons (Fsp3) is 0.292. The Labute approximate surface area is 191 Å². The Balaban J connectivity index is 1.52. The number of hydrogen-bond donors (Lipinski definition) is 0. The molecule has 0 saturated carbocycles. The summed E-state index contributed by atoms with van der Waals surface area (Å²) < 4.78 is 26.6. The molecule has 9 heteroatoms. The molecule has 0 spiro atoms. The molecule has 3 rings (SSSR count). The van der Waals surface area contributed by atoms with Gasteiger partial charge in [0.25, 0.3) is 5.91 Å². The number of esters is 1. The molecule has 1 aromatic carbocycles. The van der Waals surface area contributed by atoms with Crippen LogP contribution in [0.15, 0.2) is 51.6 Å². The molecule has 0 fully saturated rings. The van der Waals surface area contributed by atoms with Crippen molar-refractivity contribution in [2.45, 2.75) is 27.0 Å². The second kappa shape index (κ2) is 11.0. The van der Waals surface area contributed by atoms with Crippen molar-refractivity contribution in [3.05, 3.63) is 71.0 Å². The lowest BCUT2D eigenvalue weighted by Crippen LogP contribution is -2.30. The van der Waals surface area contributed by atoms with E-state index in [0.29, 0.717) is 41.7 Å². The van der Waals surface area contributed by atoms with E-state index in [4.69, 9.17) is 23.2 Å². The molecule has 0 saturated heterocycles. The maximum absolute atomic E-state index is 12.1. The van der Waals surface area contributed by atoms with Crippen molar-refractivity contribution in [2.24, 2.45) is 0 Å². The summed E-state index contributed by atoms with van der Waals surface area (Å²) in [6.07, 6.45) is 4.35. The molecule has 33 heavy (non-hydrogen) atoms. The van der Waals surface area contributed by atoms with E-state index < -0.39 is 5.97 Å². The van der Waals surface area contributed by atoms with Gasteiger partial charge in [-0.25, -0.2) is 4.79 Å². The molecule has 0 N–H and O–H groups in total. The largest absolute Gasteiger partial charge is 0.493 e. The summed E-state index contributed by atoms with van der Waals surface area (Å²) in [4.78, 5) is 25.5. The third-order valence-electron chi connectivity index (χ3n) is 4.89. The lowest BCUT2D eigenvalue weighted by atomic mass is 10.2. The molecular weight excluding hydrogens is 428 g/mol. The van der Waals surface area contributed by atoms with Gasteiger partial charge in [0.15, 0.2) is 18.1 Å². The number of aromatic nitrogens is 1. The molecular formula is C24H26N2O7. The maximum Gasteiger partial charge on any atom is 0.331 e. The minimum atomic E-state index is -0.632. The van der Waals surface area contributed by atoms with Gasteiger partial charge < -0.3 is 28.1 Å². The zero-order valence-electron chi connectivity index (χ0n) is 19.0. The highest BCUT2D eigenvalue weighted by atomic mass is 16.5. The summed E-state index contributed by atoms with van der Waals surface area (Å²) >= 11 is 0. The number of carbonyl (C=O) groups is 2. The Morgan fingerprint density at radius 3 is 2.67 bits per heavy atom. The molecule has 174 valence electrons. The first-order chi connectivity index (χ1) is 15.9. The van der Waals surface area contributed by atoms with E-state index in [1.165, 1.54) is 24.3 Å². The lowest BCUT2D eigenvalue weighted by molar-refractivity contribution is -0.147. The highest BCUT2D eigenvalue weighted by Gasteiger charge is 2.14. The van der Waals surface area contributed by atoms with Crippen LogP contribution in [0.1, 0.15) is 28.3 Å². The summed E-state index contributed by atoms with van der Waals surface area (Å²) in [6.45, 7) is 3.90. The number of aryl methyl sites for hydroxylation is 2. The number of methoxy groups -OCH3 is 1. The number of carbonyl (C=O) groups excluding carboxylic acids is 2. The van der Waals surface area contributed by atoms with E-state index in [0.717, 1.165) is 11.3 Å². The standard InChI is InChI=1S/C24H26N2O7/c1-16-20(17(2)33-25-16)14-31-21-9-7-18(12-22(21)29-4)8-10-24(28)32-15-23(27)26(3)13-19-6-5-11-30-19/h5-12H,13-15H2,1-4H3/b10-8+. The number of nitrogens with zero attached hydrogens (tertiary/aromatic N) is 2. The van der Waals surface area contributed by atoms with Crippen LogP contribution in [0.3, 0.4) is 0 Å². The van der Waals surface area contributed by atoms with Crippen molar-refractivity contribution in [3.8, 4) is 11.5 Å². The van der Waals surface area contributed by atoms with Crippen molar-refractivity contribution in [1.82, 2.24) is 10.1 Å². The van der Waals surface area contributed by atoms with Crippen LogP contribution in [0.5, 0.6) is 11.5 Å². The first kappa shape index (κ1) is 23.6. The molecule has 0 aliphatic carbocycles. The minimum absolute atomic E-state index is 0.293. The van der Waals surface area contributed by atoms with Crippen LogP contribution in [-0.2, 0) is 27.5 Å². The number of rotatable bonds is 10. The van der Waals surface area contributed by atoms with Crippen LogP contribution in [0, 0.1) is 13.8 Å². The molecule has 0 aliphatic heterocycles. The van der Waals surface area contributed by atoms with Gasteiger partial charge in [0.05, 0.1) is 31.2 Å². The van der Waals surface area contributed by atoms with Gasteiger partial charge in [0.2, 0.25) is 0 Å². The molecule has 0 radical (unpaired) electrons. The minimum Gasteiger partial charge on any atom is -0.493 e. The highest BCUT2D eigenvalue weighted by molar-refractivity contribution is 5.89. The molecule has 3 aromatic rings. The lowest BCUT2D eigenvalue weighted by Gasteiger charge is -2.15. The van der Waals surface area contributed by atoms with Crippen molar-refractivity contribution >= 4 is 18.0 Å². The van der Waals surface area contributed by atoms with E-state index in [-0.39, 0.29) is 12.5 Å². The molecule has 2 heterocycles. The monoisotopic (exact) mass is 454 g/mol. The van der Waals surface area contributed by atoms with E-state index in [2.05, 4.69) is 5.16 Å². The fourth-order valence-electron chi connectivity index (χ4n) is 2.94. The van der Waals surface area contributed by atoms with Gasteiger partial charge in [-0.1, -0.05) is 11.2 Å². The zero-order chi connectivity index (χ0) is 23.8. The number of amides is 1. The summed E-state index contributed by atoms with van der Waals surface area (Å²) in [5.41, 5.74) is 2.36. The van der Waals surface area contributed by atoms with Crippen molar-refractivity contribution < 1.29 is 32.7 Å². The van der Waals surface area contributed by atoms with Gasteiger partial charge in [-0.15, -0.1) is 0 Å². The molecule has 0 unspecified atom stereocenters. The smallest absolute Gasteiger partial charge is 0.331 e. The Bertz CT molecular complexity index is 1100. The first-order valence-corrected chi connectivity index (χ1v) is 10.2. The average Bonchev–Trinajstić information content (AvgIpc) is 3.44. The van der Waals surface area contributed by atoms with Crippen LogP contribution >= 0.6 is 0 Å². The molecule has 1 amide bonds. The van der Waals surface area contributed by atoms with Gasteiger partial charge in [0, 0.05) is 13.1 Å². The topological polar surface area (TPSA) is 104 Å². The Hall–Kier alpha value is -4.01. The van der Waals surface area contributed by atoms with Gasteiger partial charge in [-0.2, -0.15) is 0 Å². The van der Waals surface area contributed by atoms with E-state index >= 15 is 0 Å². The van der Waals surface area contributed by atoms with Crippen LogP contribution in [-0.4, -0.2) is 42.7 Å². The molecule has 0 aliphatic rings. The predicted octanol–water partition coefficient (Wildman–Crippen LogP) is 3.69. The van der Waals surface area contributed by atoms with E-state index in [1.807, 2.05) is 13.8 Å². The third kappa shape index (κ3) is 6.49. The van der Waals surface area contributed by atoms with E-state index in [9.17, 15) is 9.59 Å². The molecule has 9 nitrogen and oxygen atoms in total. The third-order valence-corrected chi connectivity index (χ3v) is 4.89. The van der Waals surface area contributed by atoms with Gasteiger partial charge >= 0.3 is 5.97 Å². The zero-order valence-corrected chi connectivity index (χ0v) is 19.0.